The van der Waals surface area contributed by atoms with Gasteiger partial charge in [0.15, 0.2) is 11.5 Å². The van der Waals surface area contributed by atoms with Crippen molar-refractivity contribution in [1.29, 1.82) is 0 Å². The monoisotopic (exact) mass is 490 g/mol. The molecule has 4 aromatic heterocycles. The summed E-state index contributed by atoms with van der Waals surface area (Å²) < 4.78 is 69.9. The highest BCUT2D eigenvalue weighted by atomic mass is 19.4. The fraction of sp³-hybridized carbons (Fsp3) is 0.391. The number of piperidine rings is 1. The first-order chi connectivity index (χ1) is 16.7. The van der Waals surface area contributed by atoms with Crippen molar-refractivity contribution >= 4 is 22.5 Å². The van der Waals surface area contributed by atoms with E-state index in [1.807, 2.05) is 0 Å². The summed E-state index contributed by atoms with van der Waals surface area (Å²) in [5.74, 6) is -1.24. The quantitative estimate of drug-likeness (QED) is 0.398. The molecule has 1 saturated carbocycles. The van der Waals surface area contributed by atoms with Crippen LogP contribution >= 0.6 is 0 Å². The van der Waals surface area contributed by atoms with Gasteiger partial charge >= 0.3 is 6.18 Å². The van der Waals surface area contributed by atoms with Crippen LogP contribution in [0, 0.1) is 23.5 Å². The van der Waals surface area contributed by atoms with E-state index in [4.69, 9.17) is 0 Å². The zero-order valence-electron chi connectivity index (χ0n) is 18.3. The third-order valence-electron chi connectivity index (χ3n) is 6.85. The van der Waals surface area contributed by atoms with Crippen molar-refractivity contribution in [1.82, 2.24) is 29.0 Å². The topological polar surface area (TPSA) is 68.3 Å². The lowest BCUT2D eigenvalue weighted by Gasteiger charge is -2.31. The molecule has 4 aromatic rings. The molecular formula is C23H19F5N6O. The predicted octanol–water partition coefficient (Wildman–Crippen LogP) is 4.46. The molecule has 5 heterocycles. The van der Waals surface area contributed by atoms with E-state index in [1.54, 1.807) is 4.90 Å². The molecule has 6 rings (SSSR count). The molecule has 0 radical (unpaired) electrons. The molecule has 35 heavy (non-hydrogen) atoms. The molecule has 1 aliphatic heterocycles. The number of nitrogens with zero attached hydrogens (tertiary/aromatic N) is 6. The Hall–Kier alpha value is -3.57. The van der Waals surface area contributed by atoms with Crippen molar-refractivity contribution in [3.8, 4) is 11.4 Å². The third-order valence-corrected chi connectivity index (χ3v) is 6.85. The maximum Gasteiger partial charge on any atom is 0.408 e. The Bertz CT molecular complexity index is 1460. The lowest BCUT2D eigenvalue weighted by Crippen LogP contribution is -2.41. The van der Waals surface area contributed by atoms with E-state index in [2.05, 4.69) is 15.1 Å². The lowest BCUT2D eigenvalue weighted by atomic mass is 9.98. The van der Waals surface area contributed by atoms with E-state index in [-0.39, 0.29) is 39.5 Å². The summed E-state index contributed by atoms with van der Waals surface area (Å²) in [7, 11) is 0. The standard InChI is InChI=1S/C23H19F5N6O/c24-14-4-16(25)21-30-7-19(33(21)10-14)20-15-6-29-17(5-18(15)34(31-20)11-23(26,27)28)22(35)32-8-12-1-2-13(3-12)9-32/h4-7,10,12-13H,1-3,8-9,11H2. The minimum Gasteiger partial charge on any atom is -0.337 e. The normalized spacial score (nSPS) is 20.3. The van der Waals surface area contributed by atoms with E-state index >= 15 is 0 Å². The van der Waals surface area contributed by atoms with Gasteiger partial charge in [-0.1, -0.05) is 0 Å². The van der Waals surface area contributed by atoms with Crippen LogP contribution < -0.4 is 0 Å². The summed E-state index contributed by atoms with van der Waals surface area (Å²) in [4.78, 5) is 23.0. The highest BCUT2D eigenvalue weighted by Crippen LogP contribution is 2.37. The Labute approximate surface area is 195 Å². The van der Waals surface area contributed by atoms with Crippen LogP contribution in [-0.2, 0) is 6.54 Å². The Morgan fingerprint density at radius 2 is 1.80 bits per heavy atom. The van der Waals surface area contributed by atoms with E-state index in [1.165, 1.54) is 18.5 Å². The van der Waals surface area contributed by atoms with Crippen molar-refractivity contribution in [2.45, 2.75) is 32.0 Å². The van der Waals surface area contributed by atoms with Crippen molar-refractivity contribution in [3.05, 3.63) is 48.1 Å². The number of halogens is 5. The first-order valence-electron chi connectivity index (χ1n) is 11.2. The van der Waals surface area contributed by atoms with Crippen LogP contribution in [0.1, 0.15) is 29.8 Å². The number of pyridine rings is 2. The fourth-order valence-electron chi connectivity index (χ4n) is 5.39. The zero-order valence-corrected chi connectivity index (χ0v) is 18.3. The largest absolute Gasteiger partial charge is 0.408 e. The van der Waals surface area contributed by atoms with E-state index in [0.29, 0.717) is 31.0 Å². The van der Waals surface area contributed by atoms with Crippen LogP contribution in [-0.4, -0.2) is 54.2 Å². The van der Waals surface area contributed by atoms with Crippen molar-refractivity contribution in [2.75, 3.05) is 13.1 Å². The maximum absolute atomic E-state index is 14.1. The number of fused-ring (bicyclic) bond motifs is 4. The smallest absolute Gasteiger partial charge is 0.337 e. The van der Waals surface area contributed by atoms with Gasteiger partial charge in [-0.15, -0.1) is 0 Å². The molecule has 7 nitrogen and oxygen atoms in total. The SMILES string of the molecule is O=C(c1cc2c(cn1)c(-c1cnc3c(F)cc(F)cn13)nn2CC(F)(F)F)N1CC2CCC(C2)C1. The van der Waals surface area contributed by atoms with Crippen LogP contribution in [0.4, 0.5) is 22.0 Å². The van der Waals surface area contributed by atoms with Gasteiger partial charge in [0.2, 0.25) is 0 Å². The van der Waals surface area contributed by atoms with Gasteiger partial charge in [0, 0.05) is 36.9 Å². The molecule has 0 N–H and O–H groups in total. The Kier molecular flexibility index (Phi) is 4.84. The summed E-state index contributed by atoms with van der Waals surface area (Å²) in [5, 5.41) is 4.30. The number of hydrogen-bond acceptors (Lipinski definition) is 4. The van der Waals surface area contributed by atoms with Crippen LogP contribution in [0.3, 0.4) is 0 Å². The molecule has 1 amide bonds. The maximum atomic E-state index is 14.1. The van der Waals surface area contributed by atoms with Crippen LogP contribution in [0.15, 0.2) is 30.7 Å². The van der Waals surface area contributed by atoms with E-state index in [0.717, 1.165) is 34.5 Å². The summed E-state index contributed by atoms with van der Waals surface area (Å²) >= 11 is 0. The highest BCUT2D eigenvalue weighted by molar-refractivity contribution is 5.99. The Morgan fingerprint density at radius 1 is 1.06 bits per heavy atom. The second-order valence-corrected chi connectivity index (χ2v) is 9.31. The molecular weight excluding hydrogens is 471 g/mol. The first kappa shape index (κ1) is 21.9. The van der Waals surface area contributed by atoms with Crippen molar-refractivity contribution in [3.63, 3.8) is 0 Å². The second-order valence-electron chi connectivity index (χ2n) is 9.31. The number of amides is 1. The van der Waals surface area contributed by atoms with E-state index < -0.39 is 24.4 Å². The molecule has 2 bridgehead atoms. The molecule has 182 valence electrons. The van der Waals surface area contributed by atoms with E-state index in [9.17, 15) is 26.7 Å². The minimum absolute atomic E-state index is 0.0178. The zero-order chi connectivity index (χ0) is 24.5. The van der Waals surface area contributed by atoms with Crippen LogP contribution in [0.25, 0.3) is 27.9 Å². The number of rotatable bonds is 3. The Balaban J connectivity index is 1.47. The number of carbonyl (C=O) groups excluding carboxylic acids is 1. The molecule has 12 heteroatoms. The van der Waals surface area contributed by atoms with Gasteiger partial charge in [0.25, 0.3) is 5.91 Å². The van der Waals surface area contributed by atoms with Gasteiger partial charge in [-0.25, -0.2) is 13.8 Å². The lowest BCUT2D eigenvalue weighted by molar-refractivity contribution is -0.141. The second kappa shape index (κ2) is 7.72. The average Bonchev–Trinajstić information content (AvgIpc) is 3.47. The number of alkyl halides is 3. The van der Waals surface area contributed by atoms with Crippen LogP contribution in [0.5, 0.6) is 0 Å². The molecule has 1 aliphatic carbocycles. The van der Waals surface area contributed by atoms with Gasteiger partial charge in [-0.2, -0.15) is 18.3 Å². The predicted molar refractivity (Wildman–Crippen MR) is 114 cm³/mol. The summed E-state index contributed by atoms with van der Waals surface area (Å²) in [5.41, 5.74) is -0.00660. The minimum atomic E-state index is -4.59. The van der Waals surface area contributed by atoms with Gasteiger partial charge in [-0.3, -0.25) is 18.9 Å². The fourth-order valence-corrected chi connectivity index (χ4v) is 5.39. The van der Waals surface area contributed by atoms with Gasteiger partial charge in [-0.05, 0) is 37.2 Å². The molecule has 0 aromatic carbocycles. The summed E-state index contributed by atoms with van der Waals surface area (Å²) in [6.07, 6.45) is 2.12. The first-order valence-corrected chi connectivity index (χ1v) is 11.2. The molecule has 2 fully saturated rings. The molecule has 2 aliphatic rings. The molecule has 0 spiro atoms. The van der Waals surface area contributed by atoms with Gasteiger partial charge in [0.1, 0.15) is 23.7 Å². The summed E-state index contributed by atoms with van der Waals surface area (Å²) in [6, 6.07) is 1.97. The number of carbonyl (C=O) groups is 1. The number of hydrogen-bond donors (Lipinski definition) is 0. The number of imidazole rings is 1. The van der Waals surface area contributed by atoms with Crippen molar-refractivity contribution in [2.24, 2.45) is 11.8 Å². The number of aromatic nitrogens is 5. The Morgan fingerprint density at radius 3 is 2.51 bits per heavy atom. The molecule has 1 saturated heterocycles. The van der Waals surface area contributed by atoms with Gasteiger partial charge in [0.05, 0.1) is 17.4 Å². The van der Waals surface area contributed by atoms with Crippen molar-refractivity contribution < 1.29 is 26.7 Å². The molecule has 2 atom stereocenters. The summed E-state index contributed by atoms with van der Waals surface area (Å²) in [6.45, 7) is -0.184. The van der Waals surface area contributed by atoms with Gasteiger partial charge < -0.3 is 4.90 Å². The molecule has 2 unspecified atom stereocenters. The third kappa shape index (κ3) is 3.80. The highest BCUT2D eigenvalue weighted by Gasteiger charge is 2.36. The van der Waals surface area contributed by atoms with Crippen LogP contribution in [0.2, 0.25) is 0 Å². The average molecular weight is 490 g/mol. The number of likely N-dealkylation sites (tertiary alicyclic amines) is 1.